The number of nitrogens with one attached hydrogen (secondary N) is 2. The Balaban J connectivity index is 2.39. The van der Waals surface area contributed by atoms with Crippen LogP contribution in [0.3, 0.4) is 0 Å². The van der Waals surface area contributed by atoms with Gasteiger partial charge < -0.3 is 21.1 Å². The molecule has 4 N–H and O–H groups in total. The summed E-state index contributed by atoms with van der Waals surface area (Å²) in [5.41, 5.74) is 6.52. The van der Waals surface area contributed by atoms with Crippen molar-refractivity contribution < 1.29 is 19.1 Å². The Morgan fingerprint density at radius 3 is 2.32 bits per heavy atom. The quantitative estimate of drug-likeness (QED) is 0.469. The maximum absolute atomic E-state index is 12.1. The van der Waals surface area contributed by atoms with Gasteiger partial charge in [-0.05, 0) is 30.5 Å². The molecule has 0 aliphatic rings. The molecule has 0 radical (unpaired) electrons. The third-order valence-electron chi connectivity index (χ3n) is 3.63. The number of amides is 3. The molecular weight excluding hydrogens is 322 g/mol. The van der Waals surface area contributed by atoms with E-state index in [0.717, 1.165) is 5.56 Å². The summed E-state index contributed by atoms with van der Waals surface area (Å²) in [6, 6.07) is 6.61. The molecule has 0 unspecified atom stereocenters. The molecule has 7 heteroatoms. The summed E-state index contributed by atoms with van der Waals surface area (Å²) in [6.07, 6.45) is 1.33. The van der Waals surface area contributed by atoms with E-state index in [1.54, 1.807) is 26.0 Å². The molecule has 1 rings (SSSR count). The molecule has 0 saturated carbocycles. The Morgan fingerprint density at radius 1 is 1.12 bits per heavy atom. The molecule has 0 saturated heterocycles. The summed E-state index contributed by atoms with van der Waals surface area (Å²) >= 11 is 0. The third-order valence-corrected chi connectivity index (χ3v) is 3.63. The van der Waals surface area contributed by atoms with E-state index in [1.165, 1.54) is 0 Å². The summed E-state index contributed by atoms with van der Waals surface area (Å²) in [4.78, 5) is 34.1. The Kier molecular flexibility index (Phi) is 8.46. The molecule has 0 aliphatic carbocycles. The number of hydrogen-bond acceptors (Lipinski definition) is 4. The topological polar surface area (TPSA) is 111 Å². The van der Waals surface area contributed by atoms with Gasteiger partial charge >= 0.3 is 12.0 Å². The fourth-order valence-electron chi connectivity index (χ4n) is 2.02. The molecule has 1 aromatic rings. The molecule has 1 aromatic carbocycles. The standard InChI is InChI=1S/C18H27N3O4/c1-12(2)17(23)25-11-14-6-8-15(9-7-14)21-16(22)13(3)5-4-10-20-18(19)24/h6-9,12-13H,4-5,10-11H2,1-3H3,(H,21,22)(H3,19,20,24)/t13-/m0/s1. The second-order valence-corrected chi connectivity index (χ2v) is 6.28. The summed E-state index contributed by atoms with van der Waals surface area (Å²) in [7, 11) is 0. The summed E-state index contributed by atoms with van der Waals surface area (Å²) < 4.78 is 5.16. The summed E-state index contributed by atoms with van der Waals surface area (Å²) in [5.74, 6) is -0.658. The second-order valence-electron chi connectivity index (χ2n) is 6.28. The molecule has 0 aromatic heterocycles. The highest BCUT2D eigenvalue weighted by Crippen LogP contribution is 2.14. The van der Waals surface area contributed by atoms with E-state index >= 15 is 0 Å². The minimum absolute atomic E-state index is 0.0851. The zero-order chi connectivity index (χ0) is 18.8. The van der Waals surface area contributed by atoms with Gasteiger partial charge in [-0.15, -0.1) is 0 Å². The van der Waals surface area contributed by atoms with Gasteiger partial charge in [0.25, 0.3) is 0 Å². The van der Waals surface area contributed by atoms with Crippen molar-refractivity contribution >= 4 is 23.6 Å². The number of carbonyl (C=O) groups excluding carboxylic acids is 3. The van der Waals surface area contributed by atoms with Gasteiger partial charge in [0.05, 0.1) is 5.92 Å². The number of benzene rings is 1. The van der Waals surface area contributed by atoms with Crippen molar-refractivity contribution in [1.82, 2.24) is 5.32 Å². The Labute approximate surface area is 148 Å². The van der Waals surface area contributed by atoms with E-state index < -0.39 is 6.03 Å². The van der Waals surface area contributed by atoms with Crippen LogP contribution in [0.2, 0.25) is 0 Å². The lowest BCUT2D eigenvalue weighted by molar-refractivity contribution is -0.148. The number of primary amides is 1. The largest absolute Gasteiger partial charge is 0.461 e. The minimum Gasteiger partial charge on any atom is -0.461 e. The third kappa shape index (κ3) is 8.19. The number of esters is 1. The average molecular weight is 349 g/mol. The first kappa shape index (κ1) is 20.5. The number of anilines is 1. The van der Waals surface area contributed by atoms with Crippen molar-refractivity contribution in [2.45, 2.75) is 40.2 Å². The van der Waals surface area contributed by atoms with E-state index in [4.69, 9.17) is 10.5 Å². The Morgan fingerprint density at radius 2 is 1.76 bits per heavy atom. The highest BCUT2D eigenvalue weighted by atomic mass is 16.5. The molecule has 7 nitrogen and oxygen atoms in total. The Hall–Kier alpha value is -2.57. The first-order chi connectivity index (χ1) is 11.8. The fraction of sp³-hybridized carbons (Fsp3) is 0.500. The predicted molar refractivity (Wildman–Crippen MR) is 95.7 cm³/mol. The van der Waals surface area contributed by atoms with Crippen molar-refractivity contribution in [2.24, 2.45) is 17.6 Å². The van der Waals surface area contributed by atoms with Crippen LogP contribution < -0.4 is 16.4 Å². The van der Waals surface area contributed by atoms with Crippen molar-refractivity contribution in [3.63, 3.8) is 0 Å². The van der Waals surface area contributed by atoms with Crippen LogP contribution in [-0.4, -0.2) is 24.5 Å². The van der Waals surface area contributed by atoms with Crippen LogP contribution in [0.5, 0.6) is 0 Å². The number of ether oxygens (including phenoxy) is 1. The molecule has 0 bridgehead atoms. The van der Waals surface area contributed by atoms with Crippen molar-refractivity contribution in [3.05, 3.63) is 29.8 Å². The van der Waals surface area contributed by atoms with Gasteiger partial charge in [0, 0.05) is 18.2 Å². The number of urea groups is 1. The van der Waals surface area contributed by atoms with Crippen LogP contribution in [0.4, 0.5) is 10.5 Å². The van der Waals surface area contributed by atoms with Crippen LogP contribution in [0, 0.1) is 11.8 Å². The molecule has 0 heterocycles. The first-order valence-electron chi connectivity index (χ1n) is 8.39. The fourth-order valence-corrected chi connectivity index (χ4v) is 2.02. The monoisotopic (exact) mass is 349 g/mol. The molecule has 138 valence electrons. The molecule has 0 fully saturated rings. The predicted octanol–water partition coefficient (Wildman–Crippen LogP) is 2.41. The molecule has 3 amide bonds. The van der Waals surface area contributed by atoms with Gasteiger partial charge in [0.1, 0.15) is 6.61 Å². The van der Waals surface area contributed by atoms with Crippen molar-refractivity contribution in [3.8, 4) is 0 Å². The normalized spacial score (nSPS) is 11.7. The maximum Gasteiger partial charge on any atom is 0.312 e. The molecule has 1 atom stereocenters. The van der Waals surface area contributed by atoms with Crippen LogP contribution in [0.1, 0.15) is 39.2 Å². The van der Waals surface area contributed by atoms with Crippen molar-refractivity contribution in [2.75, 3.05) is 11.9 Å². The number of rotatable bonds is 9. The lowest BCUT2D eigenvalue weighted by atomic mass is 10.0. The second kappa shape index (κ2) is 10.3. The van der Waals surface area contributed by atoms with Crippen LogP contribution in [0.25, 0.3) is 0 Å². The lowest BCUT2D eigenvalue weighted by Crippen LogP contribution is -2.30. The van der Waals surface area contributed by atoms with Gasteiger partial charge in [-0.1, -0.05) is 32.9 Å². The van der Waals surface area contributed by atoms with Gasteiger partial charge in [0.2, 0.25) is 5.91 Å². The lowest BCUT2D eigenvalue weighted by Gasteiger charge is -2.13. The smallest absolute Gasteiger partial charge is 0.312 e. The number of carbonyl (C=O) groups is 3. The summed E-state index contributed by atoms with van der Waals surface area (Å²) in [5, 5.41) is 5.34. The zero-order valence-electron chi connectivity index (χ0n) is 15.0. The zero-order valence-corrected chi connectivity index (χ0v) is 15.0. The summed E-state index contributed by atoms with van der Waals surface area (Å²) in [6.45, 7) is 6.07. The number of hydrogen-bond donors (Lipinski definition) is 3. The maximum atomic E-state index is 12.1. The van der Waals surface area contributed by atoms with Crippen LogP contribution in [0.15, 0.2) is 24.3 Å². The van der Waals surface area contributed by atoms with Crippen LogP contribution in [-0.2, 0) is 20.9 Å². The molecule has 25 heavy (non-hydrogen) atoms. The van der Waals surface area contributed by atoms with E-state index in [9.17, 15) is 14.4 Å². The van der Waals surface area contributed by atoms with Gasteiger partial charge in [0.15, 0.2) is 0 Å². The van der Waals surface area contributed by atoms with E-state index in [2.05, 4.69) is 10.6 Å². The highest BCUT2D eigenvalue weighted by Gasteiger charge is 2.13. The average Bonchev–Trinajstić information content (AvgIpc) is 2.57. The van der Waals surface area contributed by atoms with Crippen LogP contribution >= 0.6 is 0 Å². The first-order valence-corrected chi connectivity index (χ1v) is 8.39. The number of nitrogens with two attached hydrogens (primary N) is 1. The highest BCUT2D eigenvalue weighted by molar-refractivity contribution is 5.92. The molecular formula is C18H27N3O4. The molecule has 0 spiro atoms. The Bertz CT molecular complexity index is 584. The van der Waals surface area contributed by atoms with Gasteiger partial charge in [-0.2, -0.15) is 0 Å². The molecule has 0 aliphatic heterocycles. The van der Waals surface area contributed by atoms with E-state index in [0.29, 0.717) is 25.1 Å². The van der Waals surface area contributed by atoms with Gasteiger partial charge in [-0.25, -0.2) is 4.79 Å². The SMILES string of the molecule is CC(C)C(=O)OCc1ccc(NC(=O)[C@@H](C)CCCNC(N)=O)cc1. The van der Waals surface area contributed by atoms with E-state index in [1.807, 2.05) is 19.1 Å². The van der Waals surface area contributed by atoms with E-state index in [-0.39, 0.29) is 30.3 Å². The minimum atomic E-state index is -0.559. The van der Waals surface area contributed by atoms with Gasteiger partial charge in [-0.3, -0.25) is 9.59 Å². The van der Waals surface area contributed by atoms with Crippen molar-refractivity contribution in [1.29, 1.82) is 0 Å².